The number of hydrogen-bond donors (Lipinski definition) is 1. The van der Waals surface area contributed by atoms with Gasteiger partial charge >= 0.3 is 12.1 Å². The van der Waals surface area contributed by atoms with E-state index in [4.69, 9.17) is 9.47 Å². The van der Waals surface area contributed by atoms with Crippen LogP contribution in [0.1, 0.15) is 56.7 Å². The lowest BCUT2D eigenvalue weighted by molar-refractivity contribution is -0.152. The molecule has 1 saturated carbocycles. The number of amides is 1. The molecule has 3 atom stereocenters. The molecule has 0 bridgehead atoms. The van der Waals surface area contributed by atoms with Crippen molar-refractivity contribution in [1.82, 2.24) is 10.2 Å². The number of carbonyl (C=O) groups excluding carboxylic acids is 2. The summed E-state index contributed by atoms with van der Waals surface area (Å²) >= 11 is 0. The molecule has 39 heavy (non-hydrogen) atoms. The van der Waals surface area contributed by atoms with Crippen LogP contribution in [0.2, 0.25) is 0 Å². The quantitative estimate of drug-likeness (QED) is 0.272. The fourth-order valence-corrected chi connectivity index (χ4v) is 4.76. The first kappa shape index (κ1) is 28.4. The number of ether oxygens (including phenoxy) is 2. The zero-order chi connectivity index (χ0) is 27.7. The molecule has 1 fully saturated rings. The Morgan fingerprint density at radius 2 is 1.36 bits per heavy atom. The molecular weight excluding hydrogens is 488 g/mol. The minimum atomic E-state index is -0.530. The number of nitrogens with one attached hydrogen (secondary N) is 1. The molecule has 1 amide bonds. The van der Waals surface area contributed by atoms with Gasteiger partial charge in [-0.25, -0.2) is 4.79 Å². The lowest BCUT2D eigenvalue weighted by Crippen LogP contribution is -2.41. The molecule has 0 spiro atoms. The number of benzene rings is 3. The molecule has 6 nitrogen and oxygen atoms in total. The summed E-state index contributed by atoms with van der Waals surface area (Å²) in [6.45, 7) is 7.08. The van der Waals surface area contributed by atoms with Gasteiger partial charge in [-0.15, -0.1) is 0 Å². The first-order chi connectivity index (χ1) is 18.8. The molecule has 1 N–H and O–H groups in total. The predicted molar refractivity (Wildman–Crippen MR) is 153 cm³/mol. The number of hydrogen-bond acceptors (Lipinski definition) is 5. The van der Waals surface area contributed by atoms with Gasteiger partial charge in [0.2, 0.25) is 0 Å². The minimum Gasteiger partial charge on any atom is -0.460 e. The number of rotatable bonds is 12. The van der Waals surface area contributed by atoms with Crippen molar-refractivity contribution < 1.29 is 19.1 Å². The van der Waals surface area contributed by atoms with Gasteiger partial charge in [0.25, 0.3) is 0 Å². The van der Waals surface area contributed by atoms with Crippen molar-refractivity contribution in [1.29, 1.82) is 0 Å². The van der Waals surface area contributed by atoms with E-state index in [0.29, 0.717) is 25.4 Å². The van der Waals surface area contributed by atoms with Crippen molar-refractivity contribution in [2.45, 2.75) is 77.4 Å². The first-order valence-electron chi connectivity index (χ1n) is 13.8. The van der Waals surface area contributed by atoms with Crippen molar-refractivity contribution in [2.75, 3.05) is 0 Å². The van der Waals surface area contributed by atoms with Crippen LogP contribution in [0.3, 0.4) is 0 Å². The van der Waals surface area contributed by atoms with E-state index in [2.05, 4.69) is 34.5 Å². The monoisotopic (exact) mass is 528 g/mol. The summed E-state index contributed by atoms with van der Waals surface area (Å²) < 4.78 is 11.3. The summed E-state index contributed by atoms with van der Waals surface area (Å²) in [7, 11) is 0. The molecule has 206 valence electrons. The Morgan fingerprint density at radius 3 is 1.87 bits per heavy atom. The molecule has 1 aliphatic rings. The summed E-state index contributed by atoms with van der Waals surface area (Å²) in [5.74, 6) is 0.0975. The number of carbonyl (C=O) groups is 2. The topological polar surface area (TPSA) is 67.9 Å². The van der Waals surface area contributed by atoms with Crippen LogP contribution in [-0.4, -0.2) is 34.6 Å². The second-order valence-electron chi connectivity index (χ2n) is 11.3. The number of esters is 1. The fourth-order valence-electron chi connectivity index (χ4n) is 4.76. The van der Waals surface area contributed by atoms with Gasteiger partial charge < -0.3 is 14.8 Å². The van der Waals surface area contributed by atoms with E-state index in [1.54, 1.807) is 0 Å². The highest BCUT2D eigenvalue weighted by molar-refractivity contribution is 5.76. The second kappa shape index (κ2) is 13.4. The van der Waals surface area contributed by atoms with Crippen molar-refractivity contribution in [3.05, 3.63) is 108 Å². The maximum Gasteiger partial charge on any atom is 0.407 e. The molecule has 0 aromatic heterocycles. The highest BCUT2D eigenvalue weighted by Gasteiger charge is 2.40. The summed E-state index contributed by atoms with van der Waals surface area (Å²) in [6, 6.07) is 29.9. The van der Waals surface area contributed by atoms with E-state index in [1.807, 2.05) is 87.5 Å². The molecule has 3 aromatic carbocycles. The van der Waals surface area contributed by atoms with E-state index in [0.717, 1.165) is 29.5 Å². The third-order valence-corrected chi connectivity index (χ3v) is 6.83. The minimum absolute atomic E-state index is 0.0811. The predicted octanol–water partition coefficient (Wildman–Crippen LogP) is 6.49. The van der Waals surface area contributed by atoms with Gasteiger partial charge in [0, 0.05) is 19.1 Å². The maximum atomic E-state index is 13.6. The largest absolute Gasteiger partial charge is 0.460 e. The average Bonchev–Trinajstić information content (AvgIpc) is 3.65. The SMILES string of the molecule is CC(C)(C)OC(=O)NC1CC1CC[C@@H](C(=O)OCc1ccccc1)N(Cc1ccccc1)Cc1ccccc1. The van der Waals surface area contributed by atoms with E-state index >= 15 is 0 Å². The Morgan fingerprint density at radius 1 is 0.846 bits per heavy atom. The standard InChI is InChI=1S/C33H40N2O4/c1-33(2,3)39-32(37)34-29-21-28(29)19-20-30(31(36)38-24-27-17-11-6-12-18-27)35(22-25-13-7-4-8-14-25)23-26-15-9-5-10-16-26/h4-18,28-30H,19-24H2,1-3H3,(H,34,37)/t28?,29?,30-/m0/s1. The summed E-state index contributed by atoms with van der Waals surface area (Å²) in [6.07, 6.45) is 1.96. The summed E-state index contributed by atoms with van der Waals surface area (Å²) in [5, 5.41) is 2.98. The van der Waals surface area contributed by atoms with Crippen molar-refractivity contribution in [3.63, 3.8) is 0 Å². The van der Waals surface area contributed by atoms with Gasteiger partial charge in [-0.2, -0.15) is 0 Å². The smallest absolute Gasteiger partial charge is 0.407 e. The molecule has 0 radical (unpaired) electrons. The van der Waals surface area contributed by atoms with Gasteiger partial charge in [0.05, 0.1) is 0 Å². The van der Waals surface area contributed by atoms with Crippen LogP contribution in [0.5, 0.6) is 0 Å². The highest BCUT2D eigenvalue weighted by Crippen LogP contribution is 2.36. The van der Waals surface area contributed by atoms with Gasteiger partial charge in [-0.3, -0.25) is 9.69 Å². The third-order valence-electron chi connectivity index (χ3n) is 6.83. The van der Waals surface area contributed by atoms with E-state index in [-0.39, 0.29) is 24.7 Å². The molecule has 1 aliphatic carbocycles. The zero-order valence-electron chi connectivity index (χ0n) is 23.2. The fraction of sp³-hybridized carbons (Fsp3) is 0.394. The molecular formula is C33H40N2O4. The van der Waals surface area contributed by atoms with Gasteiger partial charge in [0.15, 0.2) is 0 Å². The summed E-state index contributed by atoms with van der Waals surface area (Å²) in [4.78, 5) is 28.1. The number of nitrogens with zero attached hydrogens (tertiary/aromatic N) is 1. The Labute approximate surface area is 232 Å². The van der Waals surface area contributed by atoms with Gasteiger partial charge in [-0.1, -0.05) is 91.0 Å². The normalized spacial score (nSPS) is 17.3. The maximum absolute atomic E-state index is 13.6. The van der Waals surface area contributed by atoms with Gasteiger partial charge in [0.1, 0.15) is 18.2 Å². The van der Waals surface area contributed by atoms with E-state index in [1.165, 1.54) is 0 Å². The van der Waals surface area contributed by atoms with E-state index in [9.17, 15) is 9.59 Å². The van der Waals surface area contributed by atoms with Crippen LogP contribution in [0.25, 0.3) is 0 Å². The van der Waals surface area contributed by atoms with Crippen LogP contribution in [0.4, 0.5) is 4.79 Å². The van der Waals surface area contributed by atoms with Crippen LogP contribution in [-0.2, 0) is 34.0 Å². The second-order valence-corrected chi connectivity index (χ2v) is 11.3. The van der Waals surface area contributed by atoms with E-state index < -0.39 is 11.6 Å². The highest BCUT2D eigenvalue weighted by atomic mass is 16.6. The van der Waals surface area contributed by atoms with Crippen molar-refractivity contribution in [3.8, 4) is 0 Å². The Balaban J connectivity index is 1.47. The van der Waals surface area contributed by atoms with Gasteiger partial charge in [-0.05, 0) is 62.6 Å². The molecule has 6 heteroatoms. The molecule has 0 aliphatic heterocycles. The Hall–Kier alpha value is -3.64. The lowest BCUT2D eigenvalue weighted by Gasteiger charge is -2.31. The van der Waals surface area contributed by atoms with Crippen molar-refractivity contribution in [2.24, 2.45) is 5.92 Å². The average molecular weight is 529 g/mol. The molecule has 3 aromatic rings. The molecule has 0 saturated heterocycles. The van der Waals surface area contributed by atoms with Crippen LogP contribution in [0, 0.1) is 5.92 Å². The van der Waals surface area contributed by atoms with Crippen molar-refractivity contribution >= 4 is 12.1 Å². The zero-order valence-corrected chi connectivity index (χ0v) is 23.2. The molecule has 0 heterocycles. The first-order valence-corrected chi connectivity index (χ1v) is 13.8. The third kappa shape index (κ3) is 9.56. The van der Waals surface area contributed by atoms with Crippen LogP contribution >= 0.6 is 0 Å². The Kier molecular flexibility index (Phi) is 9.77. The summed E-state index contributed by atoms with van der Waals surface area (Å²) in [5.41, 5.74) is 2.72. The number of alkyl carbamates (subject to hydrolysis) is 1. The van der Waals surface area contributed by atoms with Crippen LogP contribution in [0.15, 0.2) is 91.0 Å². The molecule has 2 unspecified atom stereocenters. The molecule has 4 rings (SSSR count). The Bertz CT molecular complexity index is 1140. The lowest BCUT2D eigenvalue weighted by atomic mass is 10.0. The van der Waals surface area contributed by atoms with Crippen LogP contribution < -0.4 is 5.32 Å².